The summed E-state index contributed by atoms with van der Waals surface area (Å²) in [6.45, 7) is 0. The Kier molecular flexibility index (Phi) is 2.29. The monoisotopic (exact) mass is 234 g/mol. The molecule has 8 heteroatoms. The summed E-state index contributed by atoms with van der Waals surface area (Å²) in [6, 6.07) is 0. The number of carboxylic acids is 1. The standard InChI is InChI=1S/C7H4F6O2/c8-3-1-2-5(9,4(14)15)7(12,13)6(3,10)11/h1-3H,(H,14,15). The van der Waals surface area contributed by atoms with Gasteiger partial charge in [0.05, 0.1) is 0 Å². The molecule has 0 radical (unpaired) electrons. The van der Waals surface area contributed by atoms with Gasteiger partial charge in [0, 0.05) is 0 Å². The van der Waals surface area contributed by atoms with Gasteiger partial charge in [0.2, 0.25) is 0 Å². The topological polar surface area (TPSA) is 37.3 Å². The number of carbonyl (C=O) groups is 1. The summed E-state index contributed by atoms with van der Waals surface area (Å²) in [5.74, 6) is -13.8. The Balaban J connectivity index is 3.37. The second-order valence-electron chi connectivity index (χ2n) is 2.98. The van der Waals surface area contributed by atoms with Gasteiger partial charge in [0.1, 0.15) is 0 Å². The number of halogens is 6. The fourth-order valence-electron chi connectivity index (χ4n) is 1.06. The summed E-state index contributed by atoms with van der Waals surface area (Å²) in [5.41, 5.74) is -4.60. The van der Waals surface area contributed by atoms with Crippen LogP contribution in [0, 0.1) is 0 Å². The SMILES string of the molecule is O=C(O)C1(F)C=CC(F)C(F)(F)C1(F)F. The molecule has 0 aromatic carbocycles. The first-order chi connectivity index (χ1) is 6.57. The molecule has 2 atom stereocenters. The molecule has 1 aliphatic carbocycles. The zero-order chi connectivity index (χ0) is 12.1. The van der Waals surface area contributed by atoms with Crippen molar-refractivity contribution >= 4 is 5.97 Å². The van der Waals surface area contributed by atoms with Gasteiger partial charge >= 0.3 is 17.8 Å². The Morgan fingerprint density at radius 2 is 1.67 bits per heavy atom. The smallest absolute Gasteiger partial charge is 0.361 e. The van der Waals surface area contributed by atoms with E-state index in [-0.39, 0.29) is 6.08 Å². The van der Waals surface area contributed by atoms with Gasteiger partial charge in [-0.15, -0.1) is 0 Å². The van der Waals surface area contributed by atoms with Crippen LogP contribution in [0.1, 0.15) is 0 Å². The summed E-state index contributed by atoms with van der Waals surface area (Å²) in [5, 5.41) is 8.09. The van der Waals surface area contributed by atoms with Gasteiger partial charge in [-0.05, 0) is 12.2 Å². The first-order valence-corrected chi connectivity index (χ1v) is 3.58. The van der Waals surface area contributed by atoms with Crippen molar-refractivity contribution in [3.05, 3.63) is 12.2 Å². The Labute approximate surface area is 79.2 Å². The minimum Gasteiger partial charge on any atom is -0.478 e. The average Bonchev–Trinajstić information content (AvgIpc) is 2.10. The first kappa shape index (κ1) is 11.9. The van der Waals surface area contributed by atoms with E-state index in [2.05, 4.69) is 0 Å². The Hall–Kier alpha value is -1.21. The van der Waals surface area contributed by atoms with Crippen LogP contribution >= 0.6 is 0 Å². The molecular weight excluding hydrogens is 230 g/mol. The van der Waals surface area contributed by atoms with Crippen molar-refractivity contribution < 1.29 is 36.2 Å². The molecule has 0 aliphatic heterocycles. The predicted octanol–water partition coefficient (Wildman–Crippen LogP) is 1.96. The maximum Gasteiger partial charge on any atom is 0.361 e. The van der Waals surface area contributed by atoms with Crippen LogP contribution in [-0.4, -0.2) is 34.8 Å². The van der Waals surface area contributed by atoms with E-state index in [9.17, 15) is 31.1 Å². The van der Waals surface area contributed by atoms with Gasteiger partial charge in [-0.1, -0.05) is 0 Å². The minimum atomic E-state index is -5.64. The lowest BCUT2D eigenvalue weighted by Crippen LogP contribution is -2.64. The van der Waals surface area contributed by atoms with E-state index in [0.29, 0.717) is 0 Å². The third kappa shape index (κ3) is 1.23. The highest BCUT2D eigenvalue weighted by atomic mass is 19.3. The van der Waals surface area contributed by atoms with Crippen LogP contribution in [0.3, 0.4) is 0 Å². The van der Waals surface area contributed by atoms with Crippen LogP contribution in [0.25, 0.3) is 0 Å². The third-order valence-corrected chi connectivity index (χ3v) is 2.03. The Morgan fingerprint density at radius 1 is 1.20 bits per heavy atom. The van der Waals surface area contributed by atoms with Crippen molar-refractivity contribution in [1.29, 1.82) is 0 Å². The Bertz CT molecular complexity index is 325. The molecule has 2 nitrogen and oxygen atoms in total. The maximum absolute atomic E-state index is 13.1. The van der Waals surface area contributed by atoms with Crippen LogP contribution in [0.2, 0.25) is 0 Å². The second kappa shape index (κ2) is 2.89. The number of hydrogen-bond donors (Lipinski definition) is 1. The van der Waals surface area contributed by atoms with E-state index in [0.717, 1.165) is 0 Å². The van der Waals surface area contributed by atoms with Crippen molar-refractivity contribution in [2.45, 2.75) is 23.7 Å². The Morgan fingerprint density at radius 3 is 2.07 bits per heavy atom. The van der Waals surface area contributed by atoms with Crippen LogP contribution < -0.4 is 0 Å². The summed E-state index contributed by atoms with van der Waals surface area (Å²) in [4.78, 5) is 10.1. The zero-order valence-electron chi connectivity index (χ0n) is 6.86. The first-order valence-electron chi connectivity index (χ1n) is 3.58. The molecule has 1 aliphatic rings. The number of aliphatic carboxylic acids is 1. The van der Waals surface area contributed by atoms with Gasteiger partial charge in [-0.3, -0.25) is 0 Å². The molecule has 0 aromatic rings. The minimum absolute atomic E-state index is 0.231. The van der Waals surface area contributed by atoms with E-state index in [1.165, 1.54) is 0 Å². The lowest BCUT2D eigenvalue weighted by molar-refractivity contribution is -0.279. The van der Waals surface area contributed by atoms with E-state index in [1.54, 1.807) is 0 Å². The molecule has 0 bridgehead atoms. The van der Waals surface area contributed by atoms with E-state index >= 15 is 0 Å². The predicted molar refractivity (Wildman–Crippen MR) is 35.4 cm³/mol. The van der Waals surface area contributed by atoms with E-state index < -0.39 is 35.7 Å². The molecule has 86 valence electrons. The number of allylic oxidation sites excluding steroid dienone is 1. The van der Waals surface area contributed by atoms with Gasteiger partial charge in [-0.2, -0.15) is 17.6 Å². The summed E-state index contributed by atoms with van der Waals surface area (Å²) in [6.07, 6.45) is -4.06. The van der Waals surface area contributed by atoms with Crippen LogP contribution in [-0.2, 0) is 4.79 Å². The molecule has 0 heterocycles. The molecule has 2 unspecified atom stereocenters. The highest BCUT2D eigenvalue weighted by Crippen LogP contribution is 2.51. The number of carboxylic acid groups (broad SMARTS) is 1. The lowest BCUT2D eigenvalue weighted by atomic mass is 9.84. The quantitative estimate of drug-likeness (QED) is 0.556. The van der Waals surface area contributed by atoms with Gasteiger partial charge in [-0.25, -0.2) is 13.6 Å². The molecule has 0 spiro atoms. The zero-order valence-corrected chi connectivity index (χ0v) is 6.86. The highest BCUT2D eigenvalue weighted by molar-refractivity contribution is 5.82. The number of alkyl halides is 6. The van der Waals surface area contributed by atoms with E-state index in [4.69, 9.17) is 5.11 Å². The lowest BCUT2D eigenvalue weighted by Gasteiger charge is -2.37. The molecule has 0 fully saturated rings. The van der Waals surface area contributed by atoms with Crippen LogP contribution in [0.5, 0.6) is 0 Å². The number of rotatable bonds is 1. The van der Waals surface area contributed by atoms with Crippen molar-refractivity contribution in [2.24, 2.45) is 0 Å². The summed E-state index contributed by atoms with van der Waals surface area (Å²) >= 11 is 0. The molecule has 0 saturated carbocycles. The third-order valence-electron chi connectivity index (χ3n) is 2.03. The molecule has 0 aromatic heterocycles. The van der Waals surface area contributed by atoms with E-state index in [1.807, 2.05) is 0 Å². The molecule has 15 heavy (non-hydrogen) atoms. The average molecular weight is 234 g/mol. The molecule has 0 saturated heterocycles. The summed E-state index contributed by atoms with van der Waals surface area (Å²) in [7, 11) is 0. The maximum atomic E-state index is 13.1. The van der Waals surface area contributed by atoms with Gasteiger partial charge < -0.3 is 5.11 Å². The second-order valence-corrected chi connectivity index (χ2v) is 2.98. The van der Waals surface area contributed by atoms with Crippen molar-refractivity contribution in [2.75, 3.05) is 0 Å². The van der Waals surface area contributed by atoms with Gasteiger partial charge in [0.25, 0.3) is 5.67 Å². The normalized spacial score (nSPS) is 37.6. The highest BCUT2D eigenvalue weighted by Gasteiger charge is 2.77. The van der Waals surface area contributed by atoms with Crippen molar-refractivity contribution in [1.82, 2.24) is 0 Å². The van der Waals surface area contributed by atoms with Crippen molar-refractivity contribution in [3.63, 3.8) is 0 Å². The van der Waals surface area contributed by atoms with Crippen LogP contribution in [0.15, 0.2) is 12.2 Å². The molecule has 0 amide bonds. The van der Waals surface area contributed by atoms with Crippen LogP contribution in [0.4, 0.5) is 26.3 Å². The van der Waals surface area contributed by atoms with Crippen molar-refractivity contribution in [3.8, 4) is 0 Å². The van der Waals surface area contributed by atoms with Gasteiger partial charge in [0.15, 0.2) is 6.17 Å². The number of hydrogen-bond acceptors (Lipinski definition) is 1. The molecule has 1 N–H and O–H groups in total. The summed E-state index contributed by atoms with van der Waals surface area (Å²) < 4.78 is 76.0. The fourth-order valence-corrected chi connectivity index (χ4v) is 1.06. The fraction of sp³-hybridized carbons (Fsp3) is 0.571. The molecular formula is C7H4F6O2. The largest absolute Gasteiger partial charge is 0.478 e. The molecule has 1 rings (SSSR count).